The Bertz CT molecular complexity index is 352. The first-order chi connectivity index (χ1) is 7.02. The van der Waals surface area contributed by atoms with Crippen molar-refractivity contribution in [3.63, 3.8) is 0 Å². The zero-order chi connectivity index (χ0) is 11.4. The molecule has 0 unspecified atom stereocenters. The highest BCUT2D eigenvalue weighted by Crippen LogP contribution is 2.07. The van der Waals surface area contributed by atoms with E-state index < -0.39 is 18.9 Å². The first kappa shape index (κ1) is 11.6. The van der Waals surface area contributed by atoms with Gasteiger partial charge in [-0.1, -0.05) is 0 Å². The van der Waals surface area contributed by atoms with Crippen LogP contribution in [0.4, 0.5) is 8.78 Å². The number of carboxylic acids is 1. The molecule has 0 radical (unpaired) electrons. The Morgan fingerprint density at radius 2 is 2.40 bits per heavy atom. The van der Waals surface area contributed by atoms with Crippen LogP contribution in [0.25, 0.3) is 0 Å². The van der Waals surface area contributed by atoms with E-state index in [0.717, 1.165) is 0 Å². The van der Waals surface area contributed by atoms with Crippen LogP contribution in [-0.2, 0) is 13.6 Å². The van der Waals surface area contributed by atoms with Crippen LogP contribution in [0.15, 0.2) is 6.20 Å². The summed E-state index contributed by atoms with van der Waals surface area (Å²) in [5.74, 6) is -1.11. The third-order valence-corrected chi connectivity index (χ3v) is 1.88. The Morgan fingerprint density at radius 1 is 1.73 bits per heavy atom. The summed E-state index contributed by atoms with van der Waals surface area (Å²) in [4.78, 5) is 10.7. The maximum atomic E-state index is 11.8. The summed E-state index contributed by atoms with van der Waals surface area (Å²) in [6, 6.07) is 0. The Kier molecular flexibility index (Phi) is 3.73. The molecule has 0 aliphatic rings. The summed E-state index contributed by atoms with van der Waals surface area (Å²) in [5, 5.41) is 15.0. The summed E-state index contributed by atoms with van der Waals surface area (Å²) >= 11 is 0. The van der Waals surface area contributed by atoms with Gasteiger partial charge in [0.1, 0.15) is 5.56 Å². The molecule has 0 amide bonds. The predicted octanol–water partition coefficient (Wildman–Crippen LogP) is 0.473. The van der Waals surface area contributed by atoms with Gasteiger partial charge < -0.3 is 10.4 Å². The molecule has 1 aromatic heterocycles. The normalized spacial score (nSPS) is 10.9. The minimum Gasteiger partial charge on any atom is -0.478 e. The number of rotatable bonds is 5. The largest absolute Gasteiger partial charge is 0.478 e. The fourth-order valence-corrected chi connectivity index (χ4v) is 1.15. The number of aromatic carboxylic acids is 1. The molecule has 0 saturated carbocycles. The van der Waals surface area contributed by atoms with Gasteiger partial charge >= 0.3 is 5.97 Å². The van der Waals surface area contributed by atoms with E-state index in [1.165, 1.54) is 10.9 Å². The number of aryl methyl sites for hydroxylation is 1. The van der Waals surface area contributed by atoms with Crippen molar-refractivity contribution in [1.29, 1.82) is 0 Å². The highest BCUT2D eigenvalue weighted by atomic mass is 19.3. The van der Waals surface area contributed by atoms with E-state index in [4.69, 9.17) is 5.11 Å². The number of carboxylic acid groups (broad SMARTS) is 1. The molecule has 5 nitrogen and oxygen atoms in total. The lowest BCUT2D eigenvalue weighted by Gasteiger charge is -2.05. The van der Waals surface area contributed by atoms with Crippen LogP contribution in [0, 0.1) is 0 Å². The van der Waals surface area contributed by atoms with Crippen molar-refractivity contribution in [2.75, 3.05) is 6.54 Å². The van der Waals surface area contributed by atoms with Crippen molar-refractivity contribution in [3.05, 3.63) is 17.5 Å². The molecular formula is C8H11F2N3O2. The number of nitrogens with zero attached hydrogens (tertiary/aromatic N) is 2. The van der Waals surface area contributed by atoms with E-state index in [1.54, 1.807) is 7.05 Å². The van der Waals surface area contributed by atoms with Crippen molar-refractivity contribution in [1.82, 2.24) is 15.1 Å². The number of hydrogen-bond donors (Lipinski definition) is 2. The number of hydrogen-bond acceptors (Lipinski definition) is 3. The second-order valence-electron chi connectivity index (χ2n) is 2.96. The second-order valence-corrected chi connectivity index (χ2v) is 2.96. The molecule has 0 aromatic carbocycles. The van der Waals surface area contributed by atoms with E-state index in [0.29, 0.717) is 5.69 Å². The average molecular weight is 219 g/mol. The molecular weight excluding hydrogens is 208 g/mol. The van der Waals surface area contributed by atoms with E-state index in [-0.39, 0.29) is 12.1 Å². The molecule has 0 aliphatic carbocycles. The summed E-state index contributed by atoms with van der Waals surface area (Å²) in [6.07, 6.45) is -1.26. The van der Waals surface area contributed by atoms with Crippen LogP contribution in [0.1, 0.15) is 16.1 Å². The van der Waals surface area contributed by atoms with Gasteiger partial charge in [-0.3, -0.25) is 4.68 Å². The van der Waals surface area contributed by atoms with E-state index >= 15 is 0 Å². The lowest BCUT2D eigenvalue weighted by Crippen LogP contribution is -2.23. The predicted molar refractivity (Wildman–Crippen MR) is 47.9 cm³/mol. The summed E-state index contributed by atoms with van der Waals surface area (Å²) in [6.45, 7) is -0.410. The molecule has 0 spiro atoms. The lowest BCUT2D eigenvalue weighted by atomic mass is 10.2. The summed E-state index contributed by atoms with van der Waals surface area (Å²) < 4.78 is 25.0. The quantitative estimate of drug-likeness (QED) is 0.755. The van der Waals surface area contributed by atoms with Crippen molar-refractivity contribution < 1.29 is 18.7 Å². The van der Waals surface area contributed by atoms with Gasteiger partial charge in [0.15, 0.2) is 0 Å². The summed E-state index contributed by atoms with van der Waals surface area (Å²) in [5.41, 5.74) is 0.405. The molecule has 0 fully saturated rings. The molecule has 1 aromatic rings. The van der Waals surface area contributed by atoms with Crippen LogP contribution in [0.3, 0.4) is 0 Å². The van der Waals surface area contributed by atoms with Gasteiger partial charge in [0.25, 0.3) is 6.43 Å². The Hall–Kier alpha value is -1.50. The fraction of sp³-hybridized carbons (Fsp3) is 0.500. The monoisotopic (exact) mass is 219 g/mol. The number of nitrogens with one attached hydrogen (secondary N) is 1. The highest BCUT2D eigenvalue weighted by Gasteiger charge is 2.14. The van der Waals surface area contributed by atoms with Gasteiger partial charge in [-0.05, 0) is 0 Å². The molecule has 1 heterocycles. The Balaban J connectivity index is 2.66. The van der Waals surface area contributed by atoms with Crippen molar-refractivity contribution in [3.8, 4) is 0 Å². The minimum atomic E-state index is -2.45. The van der Waals surface area contributed by atoms with E-state index in [2.05, 4.69) is 10.4 Å². The Morgan fingerprint density at radius 3 is 2.93 bits per heavy atom. The molecule has 0 bridgehead atoms. The van der Waals surface area contributed by atoms with Crippen molar-refractivity contribution in [2.24, 2.45) is 7.05 Å². The molecule has 1 rings (SSSR count). The molecule has 2 N–H and O–H groups in total. The van der Waals surface area contributed by atoms with E-state index in [1.807, 2.05) is 0 Å². The smallest absolute Gasteiger partial charge is 0.339 e. The third kappa shape index (κ3) is 2.98. The average Bonchev–Trinajstić information content (AvgIpc) is 2.47. The maximum absolute atomic E-state index is 11.8. The standard InChI is InChI=1S/C8H11F2N3O2/c1-13-6(3-11-4-7(9)10)5(2-12-13)8(14)15/h2,7,11H,3-4H2,1H3,(H,14,15). The third-order valence-electron chi connectivity index (χ3n) is 1.88. The summed E-state index contributed by atoms with van der Waals surface area (Å²) in [7, 11) is 1.56. The number of aromatic nitrogens is 2. The van der Waals surface area contributed by atoms with Crippen LogP contribution in [-0.4, -0.2) is 33.8 Å². The number of alkyl halides is 2. The van der Waals surface area contributed by atoms with E-state index in [9.17, 15) is 13.6 Å². The van der Waals surface area contributed by atoms with Crippen molar-refractivity contribution in [2.45, 2.75) is 13.0 Å². The lowest BCUT2D eigenvalue weighted by molar-refractivity contribution is 0.0695. The highest BCUT2D eigenvalue weighted by molar-refractivity contribution is 5.88. The first-order valence-corrected chi connectivity index (χ1v) is 4.25. The number of carbonyl (C=O) groups is 1. The fourth-order valence-electron chi connectivity index (χ4n) is 1.15. The minimum absolute atomic E-state index is 0.0271. The Labute approximate surface area is 84.7 Å². The van der Waals surface area contributed by atoms with Crippen LogP contribution in [0.2, 0.25) is 0 Å². The molecule has 0 atom stereocenters. The van der Waals surface area contributed by atoms with Gasteiger partial charge in [0.05, 0.1) is 18.4 Å². The zero-order valence-electron chi connectivity index (χ0n) is 8.07. The van der Waals surface area contributed by atoms with Gasteiger partial charge in [-0.25, -0.2) is 13.6 Å². The second kappa shape index (κ2) is 4.83. The van der Waals surface area contributed by atoms with Gasteiger partial charge in [0.2, 0.25) is 0 Å². The number of halogens is 2. The van der Waals surface area contributed by atoms with Crippen molar-refractivity contribution >= 4 is 5.97 Å². The maximum Gasteiger partial charge on any atom is 0.339 e. The van der Waals surface area contributed by atoms with Crippen LogP contribution >= 0.6 is 0 Å². The van der Waals surface area contributed by atoms with Gasteiger partial charge in [-0.15, -0.1) is 0 Å². The molecule has 7 heteroatoms. The molecule has 84 valence electrons. The van der Waals surface area contributed by atoms with Crippen LogP contribution in [0.5, 0.6) is 0 Å². The first-order valence-electron chi connectivity index (χ1n) is 4.25. The zero-order valence-corrected chi connectivity index (χ0v) is 8.07. The topological polar surface area (TPSA) is 67.2 Å². The molecule has 0 aliphatic heterocycles. The van der Waals surface area contributed by atoms with Gasteiger partial charge in [-0.2, -0.15) is 5.10 Å². The molecule has 0 saturated heterocycles. The SMILES string of the molecule is Cn1ncc(C(=O)O)c1CNCC(F)F. The van der Waals surface area contributed by atoms with Gasteiger partial charge in [0, 0.05) is 13.6 Å². The molecule has 15 heavy (non-hydrogen) atoms. The van der Waals surface area contributed by atoms with Crippen LogP contribution < -0.4 is 5.32 Å².